The lowest BCUT2D eigenvalue weighted by Crippen LogP contribution is -2.18. The predicted octanol–water partition coefficient (Wildman–Crippen LogP) is 2.77. The number of nitriles is 1. The number of likely N-dealkylation sites (N-methyl/N-ethyl adjacent to an activating group) is 1. The van der Waals surface area contributed by atoms with Crippen LogP contribution in [0.1, 0.15) is 30.8 Å². The largest absolute Gasteiger partial charge is 0.404 e. The summed E-state index contributed by atoms with van der Waals surface area (Å²) in [6, 6.07) is 8.17. The lowest BCUT2D eigenvalue weighted by Gasteiger charge is -2.17. The van der Waals surface area contributed by atoms with E-state index in [0.717, 1.165) is 52.8 Å². The van der Waals surface area contributed by atoms with Crippen molar-refractivity contribution in [1.29, 1.82) is 5.26 Å². The Morgan fingerprint density at radius 1 is 1.43 bits per heavy atom. The maximum atomic E-state index is 9.35. The number of allylic oxidation sites excluding steroid dienone is 1. The average molecular weight is 373 g/mol. The first-order valence-electron chi connectivity index (χ1n) is 9.37. The third-order valence-corrected chi connectivity index (χ3v) is 5.24. The Labute approximate surface area is 163 Å². The van der Waals surface area contributed by atoms with Crippen molar-refractivity contribution < 1.29 is 0 Å². The van der Waals surface area contributed by atoms with Crippen LogP contribution in [0.5, 0.6) is 0 Å². The minimum atomic E-state index is 0.322. The molecule has 1 saturated heterocycles. The highest BCUT2D eigenvalue weighted by atomic mass is 15.2. The third-order valence-electron chi connectivity index (χ3n) is 5.24. The summed E-state index contributed by atoms with van der Waals surface area (Å²) in [6.07, 6.45) is 6.19. The maximum Gasteiger partial charge on any atom is 0.132 e. The van der Waals surface area contributed by atoms with Crippen LogP contribution in [0.4, 0.5) is 0 Å². The van der Waals surface area contributed by atoms with E-state index >= 15 is 0 Å². The Morgan fingerprint density at radius 2 is 2.29 bits per heavy atom. The first-order valence-corrected chi connectivity index (χ1v) is 9.37. The van der Waals surface area contributed by atoms with Crippen molar-refractivity contribution in [1.82, 2.24) is 19.4 Å². The lowest BCUT2D eigenvalue weighted by molar-refractivity contribution is 0.392. The second kappa shape index (κ2) is 7.41. The van der Waals surface area contributed by atoms with Crippen molar-refractivity contribution in [3.05, 3.63) is 47.6 Å². The van der Waals surface area contributed by atoms with Gasteiger partial charge in [0.15, 0.2) is 0 Å². The summed E-state index contributed by atoms with van der Waals surface area (Å²) in [6.45, 7) is 4.40. The fourth-order valence-corrected chi connectivity index (χ4v) is 3.84. The Balaban J connectivity index is 1.92. The molecule has 1 aliphatic heterocycles. The van der Waals surface area contributed by atoms with Gasteiger partial charge >= 0.3 is 0 Å². The molecule has 3 heterocycles. The van der Waals surface area contributed by atoms with E-state index in [-0.39, 0.29) is 0 Å². The number of hydrogen-bond acceptors (Lipinski definition) is 6. The minimum absolute atomic E-state index is 0.322. The first-order chi connectivity index (χ1) is 13.6. The highest BCUT2D eigenvalue weighted by Gasteiger charge is 2.26. The van der Waals surface area contributed by atoms with Crippen molar-refractivity contribution in [3.63, 3.8) is 0 Å². The van der Waals surface area contributed by atoms with Crippen molar-refractivity contribution in [2.45, 2.75) is 25.9 Å². The molecule has 0 saturated carbocycles. The van der Waals surface area contributed by atoms with Crippen molar-refractivity contribution in [2.24, 2.45) is 10.7 Å². The molecule has 0 aliphatic carbocycles. The molecule has 1 aliphatic rings. The molecular weight excluding hydrogens is 350 g/mol. The van der Waals surface area contributed by atoms with Crippen LogP contribution >= 0.6 is 0 Å². The fourth-order valence-electron chi connectivity index (χ4n) is 3.84. The maximum absolute atomic E-state index is 9.35. The molecule has 1 aromatic carbocycles. The van der Waals surface area contributed by atoms with Crippen LogP contribution in [0, 0.1) is 11.3 Å². The molecule has 4 rings (SSSR count). The molecule has 7 heteroatoms. The number of hydrogen-bond donors (Lipinski definition) is 1. The first kappa shape index (κ1) is 18.1. The topological polar surface area (TPSA) is 96.1 Å². The number of rotatable bonds is 4. The Hall–Kier alpha value is -3.24. The number of aliphatic imine (C=N–C) groups is 1. The van der Waals surface area contributed by atoms with Gasteiger partial charge in [0.05, 0.1) is 35.4 Å². The minimum Gasteiger partial charge on any atom is -0.404 e. The van der Waals surface area contributed by atoms with Crippen LogP contribution < -0.4 is 5.73 Å². The van der Waals surface area contributed by atoms with Gasteiger partial charge in [-0.3, -0.25) is 9.98 Å². The lowest BCUT2D eigenvalue weighted by atomic mass is 10.1. The van der Waals surface area contributed by atoms with E-state index in [4.69, 9.17) is 10.7 Å². The summed E-state index contributed by atoms with van der Waals surface area (Å²) in [5.41, 5.74) is 9.82. The Kier molecular flexibility index (Phi) is 4.80. The zero-order valence-electron chi connectivity index (χ0n) is 16.1. The molecule has 28 heavy (non-hydrogen) atoms. The molecule has 1 fully saturated rings. The van der Waals surface area contributed by atoms with E-state index in [1.165, 1.54) is 0 Å². The van der Waals surface area contributed by atoms with E-state index in [1.807, 2.05) is 25.3 Å². The number of benzene rings is 1. The van der Waals surface area contributed by atoms with Gasteiger partial charge in [0, 0.05) is 24.2 Å². The average Bonchev–Trinajstić information content (AvgIpc) is 3.30. The summed E-state index contributed by atoms with van der Waals surface area (Å²) >= 11 is 0. The highest BCUT2D eigenvalue weighted by Crippen LogP contribution is 2.32. The van der Waals surface area contributed by atoms with Gasteiger partial charge in [0.2, 0.25) is 0 Å². The van der Waals surface area contributed by atoms with Gasteiger partial charge in [-0.25, -0.2) is 4.98 Å². The summed E-state index contributed by atoms with van der Waals surface area (Å²) in [5, 5.41) is 10.3. The second-order valence-electron chi connectivity index (χ2n) is 7.32. The predicted molar refractivity (Wildman–Crippen MR) is 111 cm³/mol. The zero-order valence-corrected chi connectivity index (χ0v) is 16.1. The van der Waals surface area contributed by atoms with Crippen LogP contribution in [0.15, 0.2) is 41.2 Å². The number of likely N-dealkylation sites (tertiary alicyclic amines) is 1. The van der Waals surface area contributed by atoms with E-state index in [1.54, 1.807) is 18.5 Å². The SMILES string of the molecule is CC(C=NCc1nc2cnc3ccc(C#N)cc3c2n1[C@@H]1CCN(C)C1)=CN. The number of nitrogens with two attached hydrogens (primary N) is 1. The van der Waals surface area contributed by atoms with Gasteiger partial charge in [-0.2, -0.15) is 5.26 Å². The van der Waals surface area contributed by atoms with Crippen LogP contribution in [-0.4, -0.2) is 45.8 Å². The summed E-state index contributed by atoms with van der Waals surface area (Å²) in [7, 11) is 2.14. The Morgan fingerprint density at radius 3 is 3.00 bits per heavy atom. The second-order valence-corrected chi connectivity index (χ2v) is 7.32. The summed E-state index contributed by atoms with van der Waals surface area (Å²) < 4.78 is 2.31. The van der Waals surface area contributed by atoms with Gasteiger partial charge in [0.25, 0.3) is 0 Å². The Bertz CT molecular complexity index is 1130. The van der Waals surface area contributed by atoms with Crippen molar-refractivity contribution in [2.75, 3.05) is 20.1 Å². The van der Waals surface area contributed by atoms with Gasteiger partial charge in [0.1, 0.15) is 11.3 Å². The number of aromatic nitrogens is 3. The normalized spacial score (nSPS) is 18.5. The van der Waals surface area contributed by atoms with Gasteiger partial charge in [-0.05, 0) is 56.9 Å². The van der Waals surface area contributed by atoms with Gasteiger partial charge < -0.3 is 15.2 Å². The summed E-state index contributed by atoms with van der Waals surface area (Å²) in [5.74, 6) is 0.910. The van der Waals surface area contributed by atoms with Crippen LogP contribution in [-0.2, 0) is 6.54 Å². The molecule has 7 nitrogen and oxygen atoms in total. The standard InChI is InChI=1S/C21H23N7/c1-14(8-22)10-24-12-20-26-19-11-25-18-4-3-15(9-23)7-17(18)21(19)28(20)16-5-6-27(2)13-16/h3-4,7-8,10-11,16H,5-6,12-13,22H2,1-2H3/t16-/m1/s1. The van der Waals surface area contributed by atoms with E-state index < -0.39 is 0 Å². The molecule has 0 amide bonds. The molecule has 0 bridgehead atoms. The van der Waals surface area contributed by atoms with E-state index in [2.05, 4.69) is 32.6 Å². The van der Waals surface area contributed by atoms with Crippen LogP contribution in [0.2, 0.25) is 0 Å². The van der Waals surface area contributed by atoms with Gasteiger partial charge in [-0.1, -0.05) is 0 Å². The molecule has 142 valence electrons. The molecule has 0 spiro atoms. The third kappa shape index (κ3) is 3.23. The molecule has 2 aromatic heterocycles. The van der Waals surface area contributed by atoms with Crippen molar-refractivity contribution >= 4 is 28.2 Å². The highest BCUT2D eigenvalue weighted by molar-refractivity contribution is 6.02. The number of fused-ring (bicyclic) bond motifs is 3. The smallest absolute Gasteiger partial charge is 0.132 e. The molecule has 1 atom stereocenters. The monoisotopic (exact) mass is 373 g/mol. The molecule has 3 aromatic rings. The zero-order chi connectivity index (χ0) is 19.7. The van der Waals surface area contributed by atoms with E-state index in [9.17, 15) is 5.26 Å². The van der Waals surface area contributed by atoms with Gasteiger partial charge in [-0.15, -0.1) is 0 Å². The molecule has 0 radical (unpaired) electrons. The molecular formula is C21H23N7. The fraction of sp³-hybridized carbons (Fsp3) is 0.333. The number of nitrogens with zero attached hydrogens (tertiary/aromatic N) is 6. The molecule has 0 unspecified atom stereocenters. The molecule has 2 N–H and O–H groups in total. The quantitative estimate of drug-likeness (QED) is 0.710. The van der Waals surface area contributed by atoms with Crippen LogP contribution in [0.25, 0.3) is 21.9 Å². The van der Waals surface area contributed by atoms with E-state index in [0.29, 0.717) is 18.2 Å². The van der Waals surface area contributed by atoms with Crippen LogP contribution in [0.3, 0.4) is 0 Å². The summed E-state index contributed by atoms with van der Waals surface area (Å²) in [4.78, 5) is 16.2. The van der Waals surface area contributed by atoms with Crippen molar-refractivity contribution in [3.8, 4) is 6.07 Å². The number of pyridine rings is 1. The number of imidazole rings is 1.